The fraction of sp³-hybridized carbons (Fsp3) is 0.500. The van der Waals surface area contributed by atoms with Crippen LogP contribution in [0, 0.1) is 0 Å². The van der Waals surface area contributed by atoms with Gasteiger partial charge in [-0.2, -0.15) is 0 Å². The fourth-order valence-corrected chi connectivity index (χ4v) is 1.68. The molecule has 100 valence electrons. The number of benzene rings is 1. The third-order valence-corrected chi connectivity index (χ3v) is 2.70. The Bertz CT molecular complexity index is 379. The quantitative estimate of drug-likeness (QED) is 0.747. The molecule has 4 nitrogen and oxygen atoms in total. The first kappa shape index (κ1) is 14.7. The van der Waals surface area contributed by atoms with E-state index in [9.17, 15) is 4.79 Å². The van der Waals surface area contributed by atoms with Crippen molar-refractivity contribution in [1.82, 2.24) is 5.32 Å². The van der Waals surface area contributed by atoms with E-state index in [-0.39, 0.29) is 18.5 Å². The molecule has 0 amide bonds. The molecule has 18 heavy (non-hydrogen) atoms. The summed E-state index contributed by atoms with van der Waals surface area (Å²) >= 11 is 0. The smallest absolute Gasteiger partial charge is 0.309 e. The van der Waals surface area contributed by atoms with Gasteiger partial charge in [-0.1, -0.05) is 24.3 Å². The largest absolute Gasteiger partial charge is 0.469 e. The van der Waals surface area contributed by atoms with Crippen LogP contribution in [-0.4, -0.2) is 32.8 Å². The first-order chi connectivity index (χ1) is 8.67. The minimum absolute atomic E-state index is 0.140. The van der Waals surface area contributed by atoms with Crippen LogP contribution >= 0.6 is 0 Å². The maximum Gasteiger partial charge on any atom is 0.309 e. The van der Waals surface area contributed by atoms with Gasteiger partial charge in [0.1, 0.15) is 0 Å². The van der Waals surface area contributed by atoms with Crippen LogP contribution in [-0.2, 0) is 27.3 Å². The third-order valence-electron chi connectivity index (χ3n) is 2.70. The molecule has 0 aliphatic carbocycles. The van der Waals surface area contributed by atoms with Gasteiger partial charge < -0.3 is 14.8 Å². The van der Waals surface area contributed by atoms with Gasteiger partial charge in [-0.05, 0) is 25.1 Å². The van der Waals surface area contributed by atoms with Crippen LogP contribution in [0.3, 0.4) is 0 Å². The van der Waals surface area contributed by atoms with Gasteiger partial charge in [0.2, 0.25) is 0 Å². The molecule has 4 heteroatoms. The molecular weight excluding hydrogens is 230 g/mol. The van der Waals surface area contributed by atoms with E-state index >= 15 is 0 Å². The summed E-state index contributed by atoms with van der Waals surface area (Å²) in [7, 11) is 3.29. The van der Waals surface area contributed by atoms with Crippen molar-refractivity contribution in [2.75, 3.05) is 20.7 Å². The first-order valence-corrected chi connectivity index (χ1v) is 6.07. The van der Waals surface area contributed by atoms with Crippen molar-refractivity contribution in [3.8, 4) is 0 Å². The van der Waals surface area contributed by atoms with Gasteiger partial charge in [0, 0.05) is 6.54 Å². The van der Waals surface area contributed by atoms with Crippen molar-refractivity contribution < 1.29 is 14.3 Å². The highest BCUT2D eigenvalue weighted by molar-refractivity contribution is 5.72. The van der Waals surface area contributed by atoms with Crippen molar-refractivity contribution in [3.05, 3.63) is 35.4 Å². The van der Waals surface area contributed by atoms with E-state index in [1.807, 2.05) is 38.2 Å². The van der Waals surface area contributed by atoms with Gasteiger partial charge in [-0.15, -0.1) is 0 Å². The fourth-order valence-electron chi connectivity index (χ4n) is 1.68. The topological polar surface area (TPSA) is 47.6 Å². The summed E-state index contributed by atoms with van der Waals surface area (Å²) in [4.78, 5) is 11.3. The Morgan fingerprint density at radius 3 is 2.61 bits per heavy atom. The molecule has 1 atom stereocenters. The molecule has 0 radical (unpaired) electrons. The standard InChI is InChI=1S/C14H21NO3/c1-11(9-15-2)18-10-13-7-5-4-6-12(13)8-14(16)17-3/h4-7,11,15H,8-10H2,1-3H3. The van der Waals surface area contributed by atoms with Crippen molar-refractivity contribution >= 4 is 5.97 Å². The number of rotatable bonds is 7. The van der Waals surface area contributed by atoms with E-state index in [0.717, 1.165) is 17.7 Å². The minimum Gasteiger partial charge on any atom is -0.469 e. The summed E-state index contributed by atoms with van der Waals surface area (Å²) in [5.41, 5.74) is 1.99. The molecule has 0 saturated heterocycles. The molecule has 1 aromatic carbocycles. The van der Waals surface area contributed by atoms with E-state index in [0.29, 0.717) is 6.61 Å². The molecule has 0 spiro atoms. The van der Waals surface area contributed by atoms with Crippen molar-refractivity contribution in [3.63, 3.8) is 0 Å². The lowest BCUT2D eigenvalue weighted by atomic mass is 10.1. The number of esters is 1. The Hall–Kier alpha value is -1.39. The number of nitrogens with one attached hydrogen (secondary N) is 1. The first-order valence-electron chi connectivity index (χ1n) is 6.07. The average molecular weight is 251 g/mol. The lowest BCUT2D eigenvalue weighted by Gasteiger charge is -2.14. The van der Waals surface area contributed by atoms with E-state index in [2.05, 4.69) is 10.1 Å². The Labute approximate surface area is 108 Å². The van der Waals surface area contributed by atoms with Gasteiger partial charge in [-0.25, -0.2) is 0 Å². The predicted octanol–water partition coefficient (Wildman–Crippen LogP) is 1.53. The number of ether oxygens (including phenoxy) is 2. The van der Waals surface area contributed by atoms with E-state index in [1.165, 1.54) is 7.11 Å². The molecule has 1 aromatic rings. The molecule has 0 aliphatic rings. The molecule has 1 unspecified atom stereocenters. The van der Waals surface area contributed by atoms with Crippen LogP contribution in [0.1, 0.15) is 18.1 Å². The second kappa shape index (κ2) is 7.84. The molecular formula is C14H21NO3. The number of hydrogen-bond acceptors (Lipinski definition) is 4. The van der Waals surface area contributed by atoms with Crippen molar-refractivity contribution in [1.29, 1.82) is 0 Å². The van der Waals surface area contributed by atoms with Crippen LogP contribution in [0.4, 0.5) is 0 Å². The van der Waals surface area contributed by atoms with Crippen LogP contribution < -0.4 is 5.32 Å². The Kier molecular flexibility index (Phi) is 6.39. The lowest BCUT2D eigenvalue weighted by molar-refractivity contribution is -0.139. The summed E-state index contributed by atoms with van der Waals surface area (Å²) in [5, 5.41) is 3.06. The Morgan fingerprint density at radius 2 is 2.00 bits per heavy atom. The van der Waals surface area contributed by atoms with Gasteiger partial charge >= 0.3 is 5.97 Å². The van der Waals surface area contributed by atoms with Gasteiger partial charge in [-0.3, -0.25) is 4.79 Å². The maximum absolute atomic E-state index is 11.3. The molecule has 0 aromatic heterocycles. The molecule has 1 rings (SSSR count). The molecule has 1 N–H and O–H groups in total. The number of hydrogen-bond donors (Lipinski definition) is 1. The van der Waals surface area contributed by atoms with Gasteiger partial charge in [0.15, 0.2) is 0 Å². The van der Waals surface area contributed by atoms with Crippen molar-refractivity contribution in [2.45, 2.75) is 26.1 Å². The number of likely N-dealkylation sites (N-methyl/N-ethyl adjacent to an activating group) is 1. The number of carbonyl (C=O) groups is 1. The SMILES string of the molecule is CNCC(C)OCc1ccccc1CC(=O)OC. The maximum atomic E-state index is 11.3. The highest BCUT2D eigenvalue weighted by Gasteiger charge is 2.09. The molecule has 0 bridgehead atoms. The predicted molar refractivity (Wildman–Crippen MR) is 70.3 cm³/mol. The zero-order valence-electron chi connectivity index (χ0n) is 11.2. The third kappa shape index (κ3) is 4.85. The Morgan fingerprint density at radius 1 is 1.33 bits per heavy atom. The summed E-state index contributed by atoms with van der Waals surface area (Å²) in [6, 6.07) is 7.77. The summed E-state index contributed by atoms with van der Waals surface area (Å²) in [5.74, 6) is -0.231. The minimum atomic E-state index is -0.231. The zero-order chi connectivity index (χ0) is 13.4. The number of methoxy groups -OCH3 is 1. The van der Waals surface area contributed by atoms with Gasteiger partial charge in [0.25, 0.3) is 0 Å². The van der Waals surface area contributed by atoms with E-state index in [1.54, 1.807) is 0 Å². The Balaban J connectivity index is 2.61. The lowest BCUT2D eigenvalue weighted by Crippen LogP contribution is -2.23. The number of carbonyl (C=O) groups excluding carboxylic acids is 1. The monoisotopic (exact) mass is 251 g/mol. The summed E-state index contributed by atoms with van der Waals surface area (Å²) in [6.45, 7) is 3.33. The summed E-state index contributed by atoms with van der Waals surface area (Å²) in [6.07, 6.45) is 0.428. The highest BCUT2D eigenvalue weighted by Crippen LogP contribution is 2.12. The highest BCUT2D eigenvalue weighted by atomic mass is 16.5. The van der Waals surface area contributed by atoms with Crippen LogP contribution in [0.15, 0.2) is 24.3 Å². The van der Waals surface area contributed by atoms with Crippen LogP contribution in [0.2, 0.25) is 0 Å². The van der Waals surface area contributed by atoms with E-state index in [4.69, 9.17) is 4.74 Å². The molecule has 0 aliphatic heterocycles. The van der Waals surface area contributed by atoms with Gasteiger partial charge in [0.05, 0.1) is 26.2 Å². The van der Waals surface area contributed by atoms with Crippen LogP contribution in [0.25, 0.3) is 0 Å². The normalized spacial score (nSPS) is 12.2. The van der Waals surface area contributed by atoms with Crippen LogP contribution in [0.5, 0.6) is 0 Å². The second-order valence-corrected chi connectivity index (χ2v) is 4.20. The molecule has 0 saturated carbocycles. The average Bonchev–Trinajstić information content (AvgIpc) is 2.38. The second-order valence-electron chi connectivity index (χ2n) is 4.20. The molecule has 0 heterocycles. The van der Waals surface area contributed by atoms with Crippen molar-refractivity contribution in [2.24, 2.45) is 0 Å². The van der Waals surface area contributed by atoms with E-state index < -0.39 is 0 Å². The molecule has 0 fully saturated rings. The zero-order valence-corrected chi connectivity index (χ0v) is 11.2. The summed E-state index contributed by atoms with van der Waals surface area (Å²) < 4.78 is 10.4.